The number of nitrogens with one attached hydrogen (secondary N) is 2. The molecule has 2 amide bonds. The Morgan fingerprint density at radius 2 is 1.90 bits per heavy atom. The molecule has 0 aliphatic heterocycles. The van der Waals surface area contributed by atoms with Crippen molar-refractivity contribution in [2.75, 3.05) is 24.7 Å². The topological polar surface area (TPSA) is 152 Å². The Balaban J connectivity index is 1.81. The highest BCUT2D eigenvalue weighted by Crippen LogP contribution is 2.23. The second-order valence-corrected chi connectivity index (χ2v) is 7.27. The van der Waals surface area contributed by atoms with Crippen LogP contribution in [-0.4, -0.2) is 57.8 Å². The van der Waals surface area contributed by atoms with E-state index in [-0.39, 0.29) is 29.5 Å². The number of pyridine rings is 1. The molecule has 0 saturated heterocycles. The van der Waals surface area contributed by atoms with Crippen LogP contribution in [0.1, 0.15) is 46.7 Å². The summed E-state index contributed by atoms with van der Waals surface area (Å²) in [5.74, 6) is -0.190. The highest BCUT2D eigenvalue weighted by atomic mass is 16.2. The van der Waals surface area contributed by atoms with Gasteiger partial charge < -0.3 is 27.0 Å². The molecule has 0 spiro atoms. The van der Waals surface area contributed by atoms with E-state index in [4.69, 9.17) is 11.5 Å². The molecular weight excluding hydrogens is 372 g/mol. The standard InChI is InChI=1S/C19H26N8O2/c1-27(2)19(29)14-8-7-11(9-22-14)24-18-16(17(21)28)23-10-15(26-18)25-13-6-4-3-5-12(13)20/h7-10,12-13H,3-6,20H2,1-2H3,(H2,21,28)(H2,24,25,26)/t12?,13-/m1/s1. The number of primary amides is 1. The van der Waals surface area contributed by atoms with Crippen LogP contribution in [-0.2, 0) is 0 Å². The Morgan fingerprint density at radius 1 is 1.14 bits per heavy atom. The lowest BCUT2D eigenvalue weighted by Crippen LogP contribution is -2.42. The third-order valence-electron chi connectivity index (χ3n) is 4.81. The molecule has 1 aliphatic rings. The molecule has 1 unspecified atom stereocenters. The first kappa shape index (κ1) is 20.5. The SMILES string of the molecule is CN(C)C(=O)c1ccc(Nc2nc(N[C@@H]3CCCCC3N)cnc2C(N)=O)cn1. The molecule has 0 aromatic carbocycles. The molecule has 0 radical (unpaired) electrons. The Hall–Kier alpha value is -3.27. The van der Waals surface area contributed by atoms with Gasteiger partial charge in [0.15, 0.2) is 11.5 Å². The lowest BCUT2D eigenvalue weighted by atomic mass is 9.91. The number of hydrogen-bond acceptors (Lipinski definition) is 8. The number of nitrogens with zero attached hydrogens (tertiary/aromatic N) is 4. The van der Waals surface area contributed by atoms with Crippen LogP contribution in [0.5, 0.6) is 0 Å². The van der Waals surface area contributed by atoms with E-state index in [0.717, 1.165) is 25.7 Å². The van der Waals surface area contributed by atoms with Crippen molar-refractivity contribution in [2.45, 2.75) is 37.8 Å². The van der Waals surface area contributed by atoms with E-state index in [0.29, 0.717) is 17.2 Å². The van der Waals surface area contributed by atoms with Crippen LogP contribution in [0.2, 0.25) is 0 Å². The summed E-state index contributed by atoms with van der Waals surface area (Å²) in [5.41, 5.74) is 12.5. The van der Waals surface area contributed by atoms with Gasteiger partial charge >= 0.3 is 0 Å². The zero-order valence-corrected chi connectivity index (χ0v) is 16.6. The van der Waals surface area contributed by atoms with E-state index in [1.54, 1.807) is 26.2 Å². The van der Waals surface area contributed by atoms with E-state index in [1.165, 1.54) is 17.3 Å². The molecule has 0 bridgehead atoms. The van der Waals surface area contributed by atoms with Gasteiger partial charge in [0.05, 0.1) is 18.1 Å². The van der Waals surface area contributed by atoms with Crippen LogP contribution in [0.4, 0.5) is 17.3 Å². The van der Waals surface area contributed by atoms with Crippen molar-refractivity contribution < 1.29 is 9.59 Å². The minimum absolute atomic E-state index is 0.0111. The van der Waals surface area contributed by atoms with Gasteiger partial charge in [0.2, 0.25) is 0 Å². The van der Waals surface area contributed by atoms with Gasteiger partial charge in [-0.05, 0) is 25.0 Å². The first-order chi connectivity index (χ1) is 13.8. The number of anilines is 3. The van der Waals surface area contributed by atoms with E-state index >= 15 is 0 Å². The van der Waals surface area contributed by atoms with Gasteiger partial charge in [0.25, 0.3) is 11.8 Å². The van der Waals surface area contributed by atoms with Crippen molar-refractivity contribution in [2.24, 2.45) is 11.5 Å². The molecule has 6 N–H and O–H groups in total. The summed E-state index contributed by atoms with van der Waals surface area (Å²) in [6, 6.07) is 3.41. The summed E-state index contributed by atoms with van der Waals surface area (Å²) in [4.78, 5) is 37.9. The molecule has 3 rings (SSSR count). The molecule has 1 saturated carbocycles. The summed E-state index contributed by atoms with van der Waals surface area (Å²) in [7, 11) is 3.31. The molecule has 2 aromatic rings. The average molecular weight is 398 g/mol. The Morgan fingerprint density at radius 3 is 2.52 bits per heavy atom. The van der Waals surface area contributed by atoms with E-state index in [2.05, 4.69) is 25.6 Å². The smallest absolute Gasteiger partial charge is 0.271 e. The van der Waals surface area contributed by atoms with Gasteiger partial charge in [0, 0.05) is 26.2 Å². The highest BCUT2D eigenvalue weighted by Gasteiger charge is 2.23. The van der Waals surface area contributed by atoms with Crippen molar-refractivity contribution in [3.63, 3.8) is 0 Å². The molecule has 10 heteroatoms. The summed E-state index contributed by atoms with van der Waals surface area (Å²) in [6.07, 6.45) is 7.10. The zero-order chi connectivity index (χ0) is 21.0. The number of rotatable bonds is 6. The molecule has 29 heavy (non-hydrogen) atoms. The molecule has 2 heterocycles. The maximum atomic E-state index is 12.0. The van der Waals surface area contributed by atoms with Crippen LogP contribution in [0.3, 0.4) is 0 Å². The van der Waals surface area contributed by atoms with Crippen LogP contribution in [0.25, 0.3) is 0 Å². The normalized spacial score (nSPS) is 18.7. The Bertz CT molecular complexity index is 884. The van der Waals surface area contributed by atoms with Gasteiger partial charge in [-0.15, -0.1) is 0 Å². The second-order valence-electron chi connectivity index (χ2n) is 7.27. The fourth-order valence-electron chi connectivity index (χ4n) is 3.21. The number of aromatic nitrogens is 3. The van der Waals surface area contributed by atoms with Crippen molar-refractivity contribution in [3.05, 3.63) is 35.9 Å². The molecule has 10 nitrogen and oxygen atoms in total. The minimum Gasteiger partial charge on any atom is -0.364 e. The van der Waals surface area contributed by atoms with Gasteiger partial charge in [-0.2, -0.15) is 0 Å². The third kappa shape index (κ3) is 4.96. The Kier molecular flexibility index (Phi) is 6.23. The van der Waals surface area contributed by atoms with Crippen LogP contribution < -0.4 is 22.1 Å². The van der Waals surface area contributed by atoms with Gasteiger partial charge in [-0.3, -0.25) is 9.59 Å². The Labute approximate surface area is 169 Å². The van der Waals surface area contributed by atoms with Crippen molar-refractivity contribution in [1.82, 2.24) is 19.9 Å². The summed E-state index contributed by atoms with van der Waals surface area (Å²) >= 11 is 0. The second kappa shape index (κ2) is 8.82. The monoisotopic (exact) mass is 398 g/mol. The fraction of sp³-hybridized carbons (Fsp3) is 0.421. The number of amides is 2. The van der Waals surface area contributed by atoms with Crippen LogP contribution in [0, 0.1) is 0 Å². The predicted molar refractivity (Wildman–Crippen MR) is 110 cm³/mol. The lowest BCUT2D eigenvalue weighted by Gasteiger charge is -2.29. The van der Waals surface area contributed by atoms with Crippen LogP contribution in [0.15, 0.2) is 24.5 Å². The van der Waals surface area contributed by atoms with Crippen molar-refractivity contribution in [3.8, 4) is 0 Å². The molecular formula is C19H26N8O2. The molecule has 1 fully saturated rings. The van der Waals surface area contributed by atoms with Crippen LogP contribution >= 0.6 is 0 Å². The zero-order valence-electron chi connectivity index (χ0n) is 16.6. The summed E-state index contributed by atoms with van der Waals surface area (Å²) < 4.78 is 0. The highest BCUT2D eigenvalue weighted by molar-refractivity contribution is 5.96. The first-order valence-corrected chi connectivity index (χ1v) is 9.49. The number of carbonyl (C=O) groups is 2. The van der Waals surface area contributed by atoms with Crippen molar-refractivity contribution >= 4 is 29.1 Å². The van der Waals surface area contributed by atoms with Crippen molar-refractivity contribution in [1.29, 1.82) is 0 Å². The summed E-state index contributed by atoms with van der Waals surface area (Å²) in [6.45, 7) is 0. The fourth-order valence-corrected chi connectivity index (χ4v) is 3.21. The van der Waals surface area contributed by atoms with E-state index < -0.39 is 5.91 Å². The summed E-state index contributed by atoms with van der Waals surface area (Å²) in [5, 5.41) is 6.31. The van der Waals surface area contributed by atoms with Gasteiger partial charge in [0.1, 0.15) is 11.5 Å². The van der Waals surface area contributed by atoms with E-state index in [9.17, 15) is 9.59 Å². The molecule has 1 aliphatic carbocycles. The maximum Gasteiger partial charge on any atom is 0.271 e. The molecule has 2 atom stereocenters. The average Bonchev–Trinajstić information content (AvgIpc) is 2.69. The number of nitrogens with two attached hydrogens (primary N) is 2. The predicted octanol–water partition coefficient (Wildman–Crippen LogP) is 1.10. The minimum atomic E-state index is -0.701. The number of carbonyl (C=O) groups excluding carboxylic acids is 2. The molecule has 154 valence electrons. The van der Waals surface area contributed by atoms with Gasteiger partial charge in [-0.1, -0.05) is 12.8 Å². The molecule has 2 aromatic heterocycles. The quantitative estimate of drug-likeness (QED) is 0.564. The number of hydrogen-bond donors (Lipinski definition) is 4. The largest absolute Gasteiger partial charge is 0.364 e. The van der Waals surface area contributed by atoms with E-state index in [1.807, 2.05) is 0 Å². The first-order valence-electron chi connectivity index (χ1n) is 9.49. The third-order valence-corrected chi connectivity index (χ3v) is 4.81. The van der Waals surface area contributed by atoms with Gasteiger partial charge in [-0.25, -0.2) is 15.0 Å². The maximum absolute atomic E-state index is 12.0. The lowest BCUT2D eigenvalue weighted by molar-refractivity contribution is 0.0821.